The zero-order valence-corrected chi connectivity index (χ0v) is 27.1. The average molecular weight is 537 g/mol. The largest absolute Gasteiger partial charge is 0.0654 e. The molecule has 0 heteroatoms. The maximum absolute atomic E-state index is 2.68. The van der Waals surface area contributed by atoms with E-state index in [9.17, 15) is 0 Å². The van der Waals surface area contributed by atoms with Crippen molar-refractivity contribution in [1.82, 2.24) is 0 Å². The summed E-state index contributed by atoms with van der Waals surface area (Å²) in [6.45, 7) is 19.0. The summed E-state index contributed by atoms with van der Waals surface area (Å²) in [5, 5.41) is 9.08. The molecule has 0 saturated heterocycles. The summed E-state index contributed by atoms with van der Waals surface area (Å²) in [6, 6.07) is 14.6. The second kappa shape index (κ2) is 14.0. The van der Waals surface area contributed by atoms with Crippen LogP contribution in [0.4, 0.5) is 0 Å². The van der Waals surface area contributed by atoms with Gasteiger partial charge in [-0.1, -0.05) is 105 Å². The van der Waals surface area contributed by atoms with E-state index in [-0.39, 0.29) is 0 Å². The minimum atomic E-state index is 0.480. The second-order valence-electron chi connectivity index (χ2n) is 13.0. The first-order valence-electron chi connectivity index (χ1n) is 16.9. The highest BCUT2D eigenvalue weighted by Gasteiger charge is 2.23. The molecule has 0 saturated carbocycles. The number of hydrogen-bond donors (Lipinski definition) is 0. The molecule has 4 aromatic carbocycles. The molecule has 0 unspecified atom stereocenters. The third kappa shape index (κ3) is 5.98. The van der Waals surface area contributed by atoms with Gasteiger partial charge in [-0.05, 0) is 141 Å². The molecule has 0 bridgehead atoms. The highest BCUT2D eigenvalue weighted by Crippen LogP contribution is 2.44. The topological polar surface area (TPSA) is 0 Å². The van der Waals surface area contributed by atoms with Gasteiger partial charge in [-0.3, -0.25) is 0 Å². The predicted octanol–water partition coefficient (Wildman–Crippen LogP) is 12.8. The molecule has 0 N–H and O–H groups in total. The minimum absolute atomic E-state index is 0.480. The molecule has 0 radical (unpaired) electrons. The van der Waals surface area contributed by atoms with Crippen LogP contribution in [0.15, 0.2) is 36.4 Å². The van der Waals surface area contributed by atoms with Crippen LogP contribution in [0.1, 0.15) is 152 Å². The first-order chi connectivity index (χ1) is 19.4. The lowest BCUT2D eigenvalue weighted by molar-refractivity contribution is 0.724. The summed E-state index contributed by atoms with van der Waals surface area (Å²) in [5.74, 6) is 0.959. The molecular weight excluding hydrogens is 480 g/mol. The van der Waals surface area contributed by atoms with E-state index >= 15 is 0 Å². The molecule has 0 heterocycles. The van der Waals surface area contributed by atoms with Crippen molar-refractivity contribution in [3.8, 4) is 0 Å². The first-order valence-corrected chi connectivity index (χ1v) is 16.9. The normalized spacial score (nSPS) is 12.2. The molecule has 0 aliphatic heterocycles. The van der Waals surface area contributed by atoms with Gasteiger partial charge in [0.05, 0.1) is 0 Å². The Kier molecular flexibility index (Phi) is 10.7. The van der Waals surface area contributed by atoms with E-state index in [1.165, 1.54) is 98.6 Å². The molecule has 0 atom stereocenters. The standard InChI is InChI=1S/C40H56/c1-9-13-19-29-30(20-14-10-2)32(22-16-12-4)36-26-38-37(25-35(36)31(29)21-15-11-3)39(27(5)6)33-23-17-18-24-34(33)40(38)28(7)8/h17-18,23-28H,9-16,19-22H2,1-8H3. The van der Waals surface area contributed by atoms with E-state index in [1.807, 2.05) is 0 Å². The van der Waals surface area contributed by atoms with E-state index in [4.69, 9.17) is 0 Å². The lowest BCUT2D eigenvalue weighted by atomic mass is 9.78. The third-order valence-electron chi connectivity index (χ3n) is 9.26. The van der Waals surface area contributed by atoms with E-state index in [2.05, 4.69) is 91.8 Å². The Balaban J connectivity index is 2.26. The zero-order valence-electron chi connectivity index (χ0n) is 27.1. The number of fused-ring (bicyclic) bond motifs is 3. The van der Waals surface area contributed by atoms with Gasteiger partial charge in [-0.25, -0.2) is 0 Å². The van der Waals surface area contributed by atoms with Crippen LogP contribution in [0.5, 0.6) is 0 Å². The van der Waals surface area contributed by atoms with Gasteiger partial charge in [0.15, 0.2) is 0 Å². The Hall–Kier alpha value is -2.34. The predicted molar refractivity (Wildman–Crippen MR) is 182 cm³/mol. The maximum atomic E-state index is 2.68. The van der Waals surface area contributed by atoms with Crippen LogP contribution in [0.3, 0.4) is 0 Å². The van der Waals surface area contributed by atoms with Gasteiger partial charge in [0.1, 0.15) is 0 Å². The molecule has 4 aromatic rings. The maximum Gasteiger partial charge on any atom is -0.0134 e. The summed E-state index contributed by atoms with van der Waals surface area (Å²) in [5.41, 5.74) is 9.92. The van der Waals surface area contributed by atoms with E-state index in [1.54, 1.807) is 44.2 Å². The van der Waals surface area contributed by atoms with Crippen LogP contribution in [-0.4, -0.2) is 0 Å². The summed E-state index contributed by atoms with van der Waals surface area (Å²) < 4.78 is 0. The quantitative estimate of drug-likeness (QED) is 0.141. The van der Waals surface area contributed by atoms with Crippen molar-refractivity contribution in [3.63, 3.8) is 0 Å². The van der Waals surface area contributed by atoms with Gasteiger partial charge in [-0.2, -0.15) is 0 Å². The smallest absolute Gasteiger partial charge is 0.0134 e. The number of unbranched alkanes of at least 4 members (excludes halogenated alkanes) is 4. The summed E-state index contributed by atoms with van der Waals surface area (Å²) in [7, 11) is 0. The average Bonchev–Trinajstić information content (AvgIpc) is 2.94. The van der Waals surface area contributed by atoms with Crippen LogP contribution in [0, 0.1) is 0 Å². The Morgan fingerprint density at radius 2 is 0.750 bits per heavy atom. The molecule has 0 aliphatic rings. The minimum Gasteiger partial charge on any atom is -0.0654 e. The first kappa shape index (κ1) is 30.6. The highest BCUT2D eigenvalue weighted by atomic mass is 14.3. The molecule has 4 rings (SSSR count). The van der Waals surface area contributed by atoms with Gasteiger partial charge in [0, 0.05) is 0 Å². The molecule has 0 spiro atoms. The van der Waals surface area contributed by atoms with Crippen molar-refractivity contribution in [2.24, 2.45) is 0 Å². The fourth-order valence-corrected chi connectivity index (χ4v) is 7.31. The molecule has 0 fully saturated rings. The van der Waals surface area contributed by atoms with Crippen LogP contribution >= 0.6 is 0 Å². The zero-order chi connectivity index (χ0) is 28.8. The van der Waals surface area contributed by atoms with E-state index in [0.717, 1.165) is 0 Å². The second-order valence-corrected chi connectivity index (χ2v) is 13.0. The molecule has 0 nitrogen and oxygen atoms in total. The van der Waals surface area contributed by atoms with Gasteiger partial charge in [0.25, 0.3) is 0 Å². The van der Waals surface area contributed by atoms with Crippen molar-refractivity contribution in [2.75, 3.05) is 0 Å². The van der Waals surface area contributed by atoms with Crippen molar-refractivity contribution in [2.45, 2.75) is 144 Å². The van der Waals surface area contributed by atoms with Crippen molar-refractivity contribution < 1.29 is 0 Å². The fraction of sp³-hybridized carbons (Fsp3) is 0.550. The van der Waals surface area contributed by atoms with Gasteiger partial charge in [-0.15, -0.1) is 0 Å². The summed E-state index contributed by atoms with van der Waals surface area (Å²) in [4.78, 5) is 0. The highest BCUT2D eigenvalue weighted by molar-refractivity contribution is 6.12. The van der Waals surface area contributed by atoms with Crippen LogP contribution in [0.25, 0.3) is 32.3 Å². The van der Waals surface area contributed by atoms with Crippen molar-refractivity contribution in [1.29, 1.82) is 0 Å². The number of rotatable bonds is 14. The molecular formula is C40H56. The summed E-state index contributed by atoms with van der Waals surface area (Å²) >= 11 is 0. The number of benzene rings is 4. The van der Waals surface area contributed by atoms with Crippen LogP contribution in [0.2, 0.25) is 0 Å². The van der Waals surface area contributed by atoms with Crippen LogP contribution < -0.4 is 0 Å². The monoisotopic (exact) mass is 536 g/mol. The number of hydrogen-bond acceptors (Lipinski definition) is 0. The molecule has 216 valence electrons. The third-order valence-corrected chi connectivity index (χ3v) is 9.26. The lowest BCUT2D eigenvalue weighted by Gasteiger charge is -2.26. The van der Waals surface area contributed by atoms with Gasteiger partial charge in [0.2, 0.25) is 0 Å². The molecule has 0 amide bonds. The molecule has 40 heavy (non-hydrogen) atoms. The Morgan fingerprint density at radius 1 is 0.425 bits per heavy atom. The van der Waals surface area contributed by atoms with Crippen LogP contribution in [-0.2, 0) is 25.7 Å². The lowest BCUT2D eigenvalue weighted by Crippen LogP contribution is -2.09. The van der Waals surface area contributed by atoms with Crippen molar-refractivity contribution in [3.05, 3.63) is 69.8 Å². The molecule has 0 aromatic heterocycles. The Labute approximate surface area is 246 Å². The molecule has 0 aliphatic carbocycles. The SMILES string of the molecule is CCCCc1c(CCCC)c(CCCC)c2cc3c(C(C)C)c4ccccc4c(C(C)C)c3cc2c1CCCC. The number of aryl methyl sites for hydroxylation is 2. The fourth-order valence-electron chi connectivity index (χ4n) is 7.31. The van der Waals surface area contributed by atoms with Gasteiger partial charge < -0.3 is 0 Å². The van der Waals surface area contributed by atoms with E-state index in [0.29, 0.717) is 11.8 Å². The van der Waals surface area contributed by atoms with Crippen molar-refractivity contribution >= 4 is 32.3 Å². The Bertz CT molecular complexity index is 1320. The van der Waals surface area contributed by atoms with E-state index < -0.39 is 0 Å². The Morgan fingerprint density at radius 3 is 1.05 bits per heavy atom. The summed E-state index contributed by atoms with van der Waals surface area (Å²) in [6.07, 6.45) is 15.1. The van der Waals surface area contributed by atoms with Gasteiger partial charge >= 0.3 is 0 Å².